The zero-order chi connectivity index (χ0) is 29.3. The quantitative estimate of drug-likeness (QED) is 0.264. The fraction of sp³-hybridized carbons (Fsp3) is 0.320. The molecule has 1 amide bonds. The third-order valence-electron chi connectivity index (χ3n) is 5.56. The standard InChI is InChI=1S/C25H30FIN6O5S/c1-13-18(32-39(36,37)28-6)11-29-12-19(13)38-21-14(2)24(35)33(7)22(20(21)23(34)31-25(3,4)5)30-17-9-8-15(27)10-16(17)26/h8-12,28,30,32H,1-7H3,(H,31,34). The highest BCUT2D eigenvalue weighted by Crippen LogP contribution is 2.36. The monoisotopic (exact) mass is 672 g/mol. The van der Waals surface area contributed by atoms with Crippen LogP contribution in [0.25, 0.3) is 0 Å². The first-order valence-corrected chi connectivity index (χ1v) is 14.2. The third-order valence-corrected chi connectivity index (χ3v) is 7.26. The largest absolute Gasteiger partial charge is 0.454 e. The normalized spacial score (nSPS) is 11.7. The number of pyridine rings is 2. The van der Waals surface area contributed by atoms with Gasteiger partial charge in [-0.25, -0.2) is 9.11 Å². The summed E-state index contributed by atoms with van der Waals surface area (Å²) in [6.45, 7) is 8.46. The van der Waals surface area contributed by atoms with Crippen LogP contribution in [-0.4, -0.2) is 36.5 Å². The third kappa shape index (κ3) is 7.05. The Morgan fingerprint density at radius 1 is 1.13 bits per heavy atom. The van der Waals surface area contributed by atoms with Crippen molar-refractivity contribution in [3.05, 3.63) is 67.0 Å². The number of anilines is 3. The van der Waals surface area contributed by atoms with Crippen molar-refractivity contribution in [2.45, 2.75) is 40.2 Å². The molecule has 210 valence electrons. The van der Waals surface area contributed by atoms with Gasteiger partial charge in [-0.2, -0.15) is 8.42 Å². The molecule has 0 unspecified atom stereocenters. The van der Waals surface area contributed by atoms with Crippen LogP contribution >= 0.6 is 22.6 Å². The molecule has 3 aromatic rings. The van der Waals surface area contributed by atoms with Crippen molar-refractivity contribution in [2.24, 2.45) is 7.05 Å². The zero-order valence-corrected chi connectivity index (χ0v) is 25.5. The SMILES string of the molecule is CNS(=O)(=O)Nc1cncc(Oc2c(C(=O)NC(C)(C)C)c(Nc3ccc(I)cc3F)n(C)c(=O)c2C)c1C. The smallest absolute Gasteiger partial charge is 0.298 e. The van der Waals surface area contributed by atoms with Crippen molar-refractivity contribution in [3.63, 3.8) is 0 Å². The van der Waals surface area contributed by atoms with E-state index in [0.29, 0.717) is 9.13 Å². The first-order chi connectivity index (χ1) is 18.0. The number of hydrogen-bond acceptors (Lipinski definition) is 7. The van der Waals surface area contributed by atoms with Crippen LogP contribution < -0.4 is 30.4 Å². The van der Waals surface area contributed by atoms with Crippen molar-refractivity contribution in [1.82, 2.24) is 19.6 Å². The first-order valence-electron chi connectivity index (χ1n) is 11.7. The van der Waals surface area contributed by atoms with E-state index < -0.39 is 33.0 Å². The average molecular weight is 673 g/mol. The van der Waals surface area contributed by atoms with Gasteiger partial charge >= 0.3 is 0 Å². The molecule has 4 N–H and O–H groups in total. The molecule has 2 aromatic heterocycles. The maximum absolute atomic E-state index is 14.8. The summed E-state index contributed by atoms with van der Waals surface area (Å²) in [6, 6.07) is 4.49. The van der Waals surface area contributed by atoms with Crippen LogP contribution in [0.3, 0.4) is 0 Å². The second-order valence-corrected chi connectivity index (χ2v) is 12.6. The predicted octanol–water partition coefficient (Wildman–Crippen LogP) is 4.08. The van der Waals surface area contributed by atoms with Gasteiger partial charge in [-0.05, 0) is 75.4 Å². The van der Waals surface area contributed by atoms with Crippen LogP contribution in [0.1, 0.15) is 42.3 Å². The van der Waals surface area contributed by atoms with Gasteiger partial charge in [-0.3, -0.25) is 23.9 Å². The molecule has 0 saturated carbocycles. The molecule has 0 saturated heterocycles. The number of benzene rings is 1. The molecule has 0 radical (unpaired) electrons. The van der Waals surface area contributed by atoms with Crippen LogP contribution in [0.15, 0.2) is 35.4 Å². The number of amides is 1. The summed E-state index contributed by atoms with van der Waals surface area (Å²) in [6.07, 6.45) is 2.63. The van der Waals surface area contributed by atoms with E-state index in [1.807, 2.05) is 22.6 Å². The average Bonchev–Trinajstić information content (AvgIpc) is 2.83. The second kappa shape index (κ2) is 11.5. The molecular formula is C25H30FIN6O5S. The van der Waals surface area contributed by atoms with Crippen LogP contribution in [0.4, 0.5) is 21.6 Å². The number of ether oxygens (including phenoxy) is 1. The molecule has 0 spiro atoms. The lowest BCUT2D eigenvalue weighted by atomic mass is 10.1. The molecule has 1 aromatic carbocycles. The Bertz CT molecular complexity index is 1600. The lowest BCUT2D eigenvalue weighted by Gasteiger charge is -2.25. The second-order valence-electron chi connectivity index (χ2n) is 9.72. The Morgan fingerprint density at radius 2 is 1.79 bits per heavy atom. The van der Waals surface area contributed by atoms with E-state index in [2.05, 4.69) is 25.1 Å². The van der Waals surface area contributed by atoms with E-state index in [0.717, 1.165) is 0 Å². The minimum Gasteiger partial charge on any atom is -0.454 e. The van der Waals surface area contributed by atoms with Gasteiger partial charge in [0, 0.05) is 28.8 Å². The van der Waals surface area contributed by atoms with Crippen molar-refractivity contribution in [1.29, 1.82) is 0 Å². The van der Waals surface area contributed by atoms with Crippen LogP contribution in [-0.2, 0) is 17.3 Å². The van der Waals surface area contributed by atoms with Crippen LogP contribution in [0.2, 0.25) is 0 Å². The number of rotatable bonds is 8. The maximum Gasteiger partial charge on any atom is 0.298 e. The molecule has 14 heteroatoms. The summed E-state index contributed by atoms with van der Waals surface area (Å²) in [5.74, 6) is -1.16. The predicted molar refractivity (Wildman–Crippen MR) is 157 cm³/mol. The summed E-state index contributed by atoms with van der Waals surface area (Å²) < 4.78 is 51.4. The summed E-state index contributed by atoms with van der Waals surface area (Å²) in [7, 11) is -1.15. The summed E-state index contributed by atoms with van der Waals surface area (Å²) in [5, 5.41) is 5.76. The Labute approximate surface area is 239 Å². The van der Waals surface area contributed by atoms with Gasteiger partial charge in [0.05, 0.1) is 29.3 Å². The summed E-state index contributed by atoms with van der Waals surface area (Å²) >= 11 is 1.98. The fourth-order valence-corrected chi connectivity index (χ4v) is 4.59. The molecule has 0 atom stereocenters. The summed E-state index contributed by atoms with van der Waals surface area (Å²) in [5.41, 5.74) is -0.582. The number of nitrogens with zero attached hydrogens (tertiary/aromatic N) is 2. The maximum atomic E-state index is 14.8. The number of halogens is 2. The number of hydrogen-bond donors (Lipinski definition) is 4. The molecule has 39 heavy (non-hydrogen) atoms. The van der Waals surface area contributed by atoms with Crippen molar-refractivity contribution in [2.75, 3.05) is 17.1 Å². The molecule has 0 aliphatic rings. The number of carbonyl (C=O) groups excluding carboxylic acids is 1. The molecule has 0 aliphatic carbocycles. The molecule has 2 heterocycles. The van der Waals surface area contributed by atoms with Gasteiger partial charge in [0.15, 0.2) is 11.5 Å². The first kappa shape index (κ1) is 30.3. The molecular weight excluding hydrogens is 642 g/mol. The van der Waals surface area contributed by atoms with Gasteiger partial charge in [-0.15, -0.1) is 0 Å². The van der Waals surface area contributed by atoms with E-state index in [1.54, 1.807) is 33.8 Å². The van der Waals surface area contributed by atoms with Crippen molar-refractivity contribution in [3.8, 4) is 11.5 Å². The minimum absolute atomic E-state index is 0.000103. The van der Waals surface area contributed by atoms with Gasteiger partial charge in [0.2, 0.25) is 0 Å². The van der Waals surface area contributed by atoms with E-state index in [-0.39, 0.29) is 39.8 Å². The molecule has 3 rings (SSSR count). The van der Waals surface area contributed by atoms with E-state index >= 15 is 0 Å². The summed E-state index contributed by atoms with van der Waals surface area (Å²) in [4.78, 5) is 31.0. The van der Waals surface area contributed by atoms with Gasteiger partial charge < -0.3 is 15.4 Å². The number of nitrogens with one attached hydrogen (secondary N) is 4. The van der Waals surface area contributed by atoms with E-state index in [4.69, 9.17) is 4.74 Å². The fourth-order valence-electron chi connectivity index (χ4n) is 3.54. The molecule has 11 nitrogen and oxygen atoms in total. The van der Waals surface area contributed by atoms with E-state index in [9.17, 15) is 22.4 Å². The Hall–Kier alpha value is -3.24. The van der Waals surface area contributed by atoms with Gasteiger partial charge in [0.1, 0.15) is 17.2 Å². The Morgan fingerprint density at radius 3 is 2.38 bits per heavy atom. The molecule has 0 bridgehead atoms. The number of carbonyl (C=O) groups is 1. The molecule has 0 aliphatic heterocycles. The van der Waals surface area contributed by atoms with Gasteiger partial charge in [-0.1, -0.05) is 0 Å². The van der Waals surface area contributed by atoms with Crippen molar-refractivity contribution < 1.29 is 22.3 Å². The van der Waals surface area contributed by atoms with E-state index in [1.165, 1.54) is 50.1 Å². The molecule has 0 fully saturated rings. The Balaban J connectivity index is 2.26. The highest BCUT2D eigenvalue weighted by atomic mass is 127. The lowest BCUT2D eigenvalue weighted by Crippen LogP contribution is -2.42. The highest BCUT2D eigenvalue weighted by molar-refractivity contribution is 14.1. The van der Waals surface area contributed by atoms with Gasteiger partial charge in [0.25, 0.3) is 21.7 Å². The highest BCUT2D eigenvalue weighted by Gasteiger charge is 2.29. The van der Waals surface area contributed by atoms with Crippen molar-refractivity contribution >= 4 is 55.9 Å². The number of aromatic nitrogens is 2. The Kier molecular flexibility index (Phi) is 8.92. The van der Waals surface area contributed by atoms with Crippen LogP contribution in [0.5, 0.6) is 11.5 Å². The topological polar surface area (TPSA) is 143 Å². The zero-order valence-electron chi connectivity index (χ0n) is 22.5. The minimum atomic E-state index is -3.85. The van der Waals surface area contributed by atoms with Crippen LogP contribution in [0, 0.1) is 23.2 Å². The lowest BCUT2D eigenvalue weighted by molar-refractivity contribution is 0.0917.